The fourth-order valence-electron chi connectivity index (χ4n) is 2.31. The Morgan fingerprint density at radius 3 is 3.06 bits per heavy atom. The van der Waals surface area contributed by atoms with Crippen LogP contribution in [0.3, 0.4) is 0 Å². The summed E-state index contributed by atoms with van der Waals surface area (Å²) in [5, 5.41) is 12.7. The van der Waals surface area contributed by atoms with Gasteiger partial charge in [0.1, 0.15) is 5.54 Å². The van der Waals surface area contributed by atoms with Crippen molar-refractivity contribution in [1.29, 1.82) is 5.26 Å². The normalized spacial score (nSPS) is 22.6. The van der Waals surface area contributed by atoms with Crippen molar-refractivity contribution >= 4 is 15.9 Å². The van der Waals surface area contributed by atoms with Crippen LogP contribution in [0.25, 0.3) is 0 Å². The quantitative estimate of drug-likeness (QED) is 0.869. The third kappa shape index (κ3) is 2.59. The van der Waals surface area contributed by atoms with Gasteiger partial charge < -0.3 is 0 Å². The Kier molecular flexibility index (Phi) is 3.66. The highest BCUT2D eigenvalue weighted by atomic mass is 79.9. The molecule has 2 rings (SSSR count). The maximum absolute atomic E-state index is 9.39. The van der Waals surface area contributed by atoms with Gasteiger partial charge in [0.15, 0.2) is 0 Å². The smallest absolute Gasteiger partial charge is 0.111 e. The number of benzene rings is 1. The molecule has 0 amide bonds. The molecule has 0 bridgehead atoms. The van der Waals surface area contributed by atoms with Gasteiger partial charge in [-0.15, -0.1) is 6.58 Å². The minimum absolute atomic E-state index is 0.422. The summed E-state index contributed by atoms with van der Waals surface area (Å²) < 4.78 is 1.11. The lowest BCUT2D eigenvalue weighted by Crippen LogP contribution is -2.48. The fourth-order valence-corrected chi connectivity index (χ4v) is 2.72. The lowest BCUT2D eigenvalue weighted by Gasteiger charge is -2.33. The lowest BCUT2D eigenvalue weighted by atomic mass is 9.79. The molecular weight excluding hydrogens is 276 g/mol. The van der Waals surface area contributed by atoms with Crippen LogP contribution in [0.15, 0.2) is 35.3 Å². The van der Waals surface area contributed by atoms with Crippen molar-refractivity contribution in [2.75, 3.05) is 6.54 Å². The van der Waals surface area contributed by atoms with Gasteiger partial charge in [-0.25, -0.2) is 0 Å². The maximum Gasteiger partial charge on any atom is 0.111 e. The second kappa shape index (κ2) is 5.03. The predicted octanol–water partition coefficient (Wildman–Crippen LogP) is 2.98. The molecule has 0 saturated carbocycles. The van der Waals surface area contributed by atoms with Crippen molar-refractivity contribution in [2.45, 2.75) is 24.8 Å². The number of rotatable bonds is 3. The van der Waals surface area contributed by atoms with Crippen LogP contribution in [-0.2, 0) is 12.8 Å². The van der Waals surface area contributed by atoms with E-state index in [2.05, 4.69) is 46.0 Å². The van der Waals surface area contributed by atoms with Crippen LogP contribution in [0.5, 0.6) is 0 Å². The number of aryl methyl sites for hydroxylation is 1. The van der Waals surface area contributed by atoms with E-state index in [1.807, 2.05) is 6.07 Å². The van der Waals surface area contributed by atoms with Gasteiger partial charge in [-0.3, -0.25) is 5.32 Å². The van der Waals surface area contributed by atoms with Crippen LogP contribution in [0.4, 0.5) is 0 Å². The van der Waals surface area contributed by atoms with Crippen molar-refractivity contribution < 1.29 is 0 Å². The summed E-state index contributed by atoms with van der Waals surface area (Å²) in [6.07, 6.45) is 4.39. The number of nitriles is 1. The van der Waals surface area contributed by atoms with Crippen LogP contribution < -0.4 is 5.32 Å². The van der Waals surface area contributed by atoms with Gasteiger partial charge in [0, 0.05) is 17.4 Å². The van der Waals surface area contributed by atoms with E-state index in [-0.39, 0.29) is 0 Å². The number of fused-ring (bicyclic) bond motifs is 1. The Hall–Kier alpha value is -1.11. The van der Waals surface area contributed by atoms with Gasteiger partial charge in [-0.2, -0.15) is 5.26 Å². The highest BCUT2D eigenvalue weighted by molar-refractivity contribution is 9.10. The van der Waals surface area contributed by atoms with Gasteiger partial charge in [0.25, 0.3) is 0 Å². The first-order valence-corrected chi connectivity index (χ1v) is 6.53. The third-order valence-corrected chi connectivity index (χ3v) is 3.77. The molecule has 1 aliphatic rings. The zero-order chi connectivity index (χ0) is 12.3. The van der Waals surface area contributed by atoms with Crippen molar-refractivity contribution in [3.05, 3.63) is 46.5 Å². The first-order valence-electron chi connectivity index (χ1n) is 5.73. The molecule has 1 aromatic carbocycles. The molecule has 0 fully saturated rings. The molecule has 0 radical (unpaired) electrons. The van der Waals surface area contributed by atoms with Crippen molar-refractivity contribution in [3.63, 3.8) is 0 Å². The zero-order valence-corrected chi connectivity index (χ0v) is 11.3. The molecule has 0 heterocycles. The molecule has 1 N–H and O–H groups in total. The first-order chi connectivity index (χ1) is 8.19. The second-order valence-corrected chi connectivity index (χ2v) is 5.37. The zero-order valence-electron chi connectivity index (χ0n) is 9.67. The topological polar surface area (TPSA) is 35.8 Å². The lowest BCUT2D eigenvalue weighted by molar-refractivity contribution is 0.381. The summed E-state index contributed by atoms with van der Waals surface area (Å²) in [7, 11) is 0. The maximum atomic E-state index is 9.39. The summed E-state index contributed by atoms with van der Waals surface area (Å²) in [6, 6.07) is 8.75. The molecule has 1 aromatic rings. The summed E-state index contributed by atoms with van der Waals surface area (Å²) >= 11 is 3.48. The van der Waals surface area contributed by atoms with Gasteiger partial charge in [-0.05, 0) is 36.1 Å². The molecule has 1 unspecified atom stereocenters. The van der Waals surface area contributed by atoms with Gasteiger partial charge in [0.2, 0.25) is 0 Å². The summed E-state index contributed by atoms with van der Waals surface area (Å²) in [5.41, 5.74) is 2.21. The Morgan fingerprint density at radius 2 is 2.35 bits per heavy atom. The molecule has 2 nitrogen and oxygen atoms in total. The summed E-state index contributed by atoms with van der Waals surface area (Å²) in [4.78, 5) is 0. The molecule has 17 heavy (non-hydrogen) atoms. The van der Waals surface area contributed by atoms with E-state index in [1.165, 1.54) is 11.1 Å². The van der Waals surface area contributed by atoms with E-state index in [9.17, 15) is 5.26 Å². The molecule has 1 atom stereocenters. The van der Waals surface area contributed by atoms with Crippen LogP contribution in [-0.4, -0.2) is 12.1 Å². The van der Waals surface area contributed by atoms with E-state index in [1.54, 1.807) is 6.08 Å². The van der Waals surface area contributed by atoms with Crippen molar-refractivity contribution in [1.82, 2.24) is 5.32 Å². The first kappa shape index (κ1) is 12.3. The van der Waals surface area contributed by atoms with E-state index >= 15 is 0 Å². The minimum Gasteiger partial charge on any atom is -0.296 e. The Balaban J connectivity index is 2.24. The van der Waals surface area contributed by atoms with Crippen LogP contribution >= 0.6 is 15.9 Å². The van der Waals surface area contributed by atoms with E-state index in [0.29, 0.717) is 6.54 Å². The van der Waals surface area contributed by atoms with Gasteiger partial charge in [-0.1, -0.05) is 28.1 Å². The number of hydrogen-bond acceptors (Lipinski definition) is 2. The van der Waals surface area contributed by atoms with Crippen molar-refractivity contribution in [3.8, 4) is 6.07 Å². The average molecular weight is 291 g/mol. The van der Waals surface area contributed by atoms with Crippen LogP contribution in [0.2, 0.25) is 0 Å². The SMILES string of the molecule is C=CCNC1(C#N)CCc2cc(Br)ccc2C1. The molecule has 1 aliphatic carbocycles. The van der Waals surface area contributed by atoms with Crippen LogP contribution in [0, 0.1) is 11.3 Å². The van der Waals surface area contributed by atoms with E-state index < -0.39 is 5.54 Å². The minimum atomic E-state index is -0.422. The highest BCUT2D eigenvalue weighted by Crippen LogP contribution is 2.30. The van der Waals surface area contributed by atoms with Crippen molar-refractivity contribution in [2.24, 2.45) is 0 Å². The number of nitrogens with zero attached hydrogens (tertiary/aromatic N) is 1. The highest BCUT2D eigenvalue weighted by Gasteiger charge is 2.33. The summed E-state index contributed by atoms with van der Waals surface area (Å²) in [5.74, 6) is 0. The Labute approximate surface area is 110 Å². The molecule has 0 aliphatic heterocycles. The largest absolute Gasteiger partial charge is 0.296 e. The summed E-state index contributed by atoms with van der Waals surface area (Å²) in [6.45, 7) is 4.37. The van der Waals surface area contributed by atoms with Gasteiger partial charge in [0.05, 0.1) is 6.07 Å². The molecule has 3 heteroatoms. The molecule has 88 valence electrons. The number of halogens is 1. The van der Waals surface area contributed by atoms with E-state index in [0.717, 1.165) is 23.7 Å². The fraction of sp³-hybridized carbons (Fsp3) is 0.357. The Bertz CT molecular complexity index is 476. The second-order valence-electron chi connectivity index (χ2n) is 4.45. The monoisotopic (exact) mass is 290 g/mol. The number of nitrogens with one attached hydrogen (secondary N) is 1. The predicted molar refractivity (Wildman–Crippen MR) is 72.7 cm³/mol. The molecule has 0 spiro atoms. The third-order valence-electron chi connectivity index (χ3n) is 3.28. The molecule has 0 saturated heterocycles. The number of hydrogen-bond donors (Lipinski definition) is 1. The van der Waals surface area contributed by atoms with Gasteiger partial charge >= 0.3 is 0 Å². The Morgan fingerprint density at radius 1 is 1.53 bits per heavy atom. The molecule has 0 aromatic heterocycles. The van der Waals surface area contributed by atoms with Crippen LogP contribution in [0.1, 0.15) is 17.5 Å². The standard InChI is InChI=1S/C14H15BrN2/c1-2-7-17-14(10-16)6-5-11-8-13(15)4-3-12(11)9-14/h2-4,8,17H,1,5-7,9H2. The van der Waals surface area contributed by atoms with E-state index in [4.69, 9.17) is 0 Å². The average Bonchev–Trinajstić information content (AvgIpc) is 2.36. The molecular formula is C14H15BrN2.